The van der Waals surface area contributed by atoms with Crippen LogP contribution in [0.2, 0.25) is 0 Å². The van der Waals surface area contributed by atoms with E-state index >= 15 is 0 Å². The molecule has 3 heterocycles. The van der Waals surface area contributed by atoms with Crippen LogP contribution in [-0.4, -0.2) is 132 Å². The van der Waals surface area contributed by atoms with Gasteiger partial charge in [-0.2, -0.15) is 0 Å². The number of aromatic nitrogens is 3. The Hall–Kier alpha value is -9.41. The Morgan fingerprint density at radius 3 is 2.07 bits per heavy atom. The van der Waals surface area contributed by atoms with Crippen LogP contribution < -0.4 is 16.0 Å². The van der Waals surface area contributed by atoms with Crippen molar-refractivity contribution in [2.24, 2.45) is 0 Å². The minimum Gasteiger partial charge on any atom is -0.506 e. The van der Waals surface area contributed by atoms with Crippen molar-refractivity contribution in [3.8, 4) is 16.9 Å². The molecule has 3 unspecified atom stereocenters. The van der Waals surface area contributed by atoms with Crippen molar-refractivity contribution >= 4 is 75.4 Å². The van der Waals surface area contributed by atoms with Crippen molar-refractivity contribution < 1.29 is 71.8 Å². The lowest BCUT2D eigenvalue weighted by Crippen LogP contribution is -2.47. The summed E-state index contributed by atoms with van der Waals surface area (Å²) in [4.78, 5) is 96.4. The maximum absolute atomic E-state index is 13.5. The Bertz CT molecular complexity index is 3560. The highest BCUT2D eigenvalue weighted by Gasteiger charge is 2.36. The molecule has 5 aromatic carbocycles. The second kappa shape index (κ2) is 29.4. The van der Waals surface area contributed by atoms with Crippen molar-refractivity contribution in [2.45, 2.75) is 104 Å². The average molecular weight is 1180 g/mol. The lowest BCUT2D eigenvalue weighted by atomic mass is 9.98. The van der Waals surface area contributed by atoms with E-state index in [1.54, 1.807) is 18.2 Å². The molecule has 0 bridgehead atoms. The fourth-order valence-corrected chi connectivity index (χ4v) is 10.3. The number of esters is 4. The number of fused-ring (bicyclic) bond motifs is 6. The maximum atomic E-state index is 13.5. The minimum atomic E-state index is -0.823. The number of phenols is 1. The number of aryl methyl sites for hydroxylation is 1. The molecule has 2 aromatic heterocycles. The fraction of sp³-hybridized carbons (Fsp3) is 0.359. The van der Waals surface area contributed by atoms with Gasteiger partial charge in [0.15, 0.2) is 11.9 Å². The number of aromatic hydroxyl groups is 1. The third-order valence-electron chi connectivity index (χ3n) is 14.2. The molecule has 4 N–H and O–H groups in total. The number of anilines is 2. The first-order chi connectivity index (χ1) is 41.4. The van der Waals surface area contributed by atoms with Gasteiger partial charge in [0.05, 0.1) is 42.1 Å². The number of hydrogen-bond donors (Lipinski definition) is 4. The molecule has 7 aromatic rings. The molecule has 3 atom stereocenters. The summed E-state index contributed by atoms with van der Waals surface area (Å²) in [5, 5.41) is 19.4. The number of unbranched alkanes of at least 4 members (excludes halogenated alkanes) is 1. The van der Waals surface area contributed by atoms with Crippen LogP contribution in [0.3, 0.4) is 0 Å². The molecular formula is C64H71N7O15. The number of nitrogens with zero attached hydrogens (tertiary/aromatic N) is 4. The molecule has 3 amide bonds. The SMILES string of the molecule is CC(=O)OCC1CC(OC(C)=O)C(OC(C)=O)CO1.CCCCc1nc2c(NC(=O)OCc3ccc(O)c(NC(=O)CCNC(=O)OCC4c5ccccc5-c5ccccc54)c3)nc3cc(C(=O)OC)ccc3c2n1Cc1ccc(CN(C)C)cc1. The summed E-state index contributed by atoms with van der Waals surface area (Å²) in [6.45, 7) is 7.40. The molecule has 0 radical (unpaired) electrons. The van der Waals surface area contributed by atoms with E-state index in [9.17, 15) is 38.7 Å². The van der Waals surface area contributed by atoms with Crippen molar-refractivity contribution in [1.82, 2.24) is 24.8 Å². The summed E-state index contributed by atoms with van der Waals surface area (Å²) < 4.78 is 38.7. The van der Waals surface area contributed by atoms with E-state index in [4.69, 9.17) is 43.1 Å². The Morgan fingerprint density at radius 2 is 1.41 bits per heavy atom. The standard InChI is InChI=1S/C52H53N7O8.C12H18O7/c1-5-6-15-45-56-47-48(59(45)29-33-18-16-32(17-19-33)28-58(2)3)40-22-21-35(50(62)65-4)27-42(40)55-49(47)57-52(64)66-30-34-20-23-44(60)43(26-34)54-46(61)24-25-53-51(63)67-31-41-38-13-9-7-11-36(38)37-12-8-10-14-39(37)41;1-7(13)16-5-10-4-11(18-8(2)14)12(6-17-10)19-9(3)15/h7-14,16-23,26-27,41,60H,5-6,15,24-25,28-31H2,1-4H3,(H,53,63)(H,54,61)(H,55,57,64);10-12H,4-6H2,1-3H3. The van der Waals surface area contributed by atoms with Gasteiger partial charge >= 0.3 is 36.1 Å². The highest BCUT2D eigenvalue weighted by Crippen LogP contribution is 2.44. The topological polar surface area (TPSA) is 274 Å². The van der Waals surface area contributed by atoms with Gasteiger partial charge in [-0.1, -0.05) is 92.2 Å². The number of methoxy groups -OCH3 is 1. The average Bonchev–Trinajstić information content (AvgIpc) is 1.60. The molecule has 0 saturated carbocycles. The molecule has 2 aliphatic rings. The number of ether oxygens (including phenoxy) is 7. The molecule has 0 spiro atoms. The Kier molecular flexibility index (Phi) is 21.4. The summed E-state index contributed by atoms with van der Waals surface area (Å²) in [5.41, 5.74) is 9.22. The van der Waals surface area contributed by atoms with E-state index in [2.05, 4.69) is 68.7 Å². The largest absolute Gasteiger partial charge is 0.506 e. The lowest BCUT2D eigenvalue weighted by Gasteiger charge is -2.34. The highest BCUT2D eigenvalue weighted by atomic mass is 16.6. The minimum absolute atomic E-state index is 0.00515. The van der Waals surface area contributed by atoms with Crippen LogP contribution >= 0.6 is 0 Å². The van der Waals surface area contributed by atoms with Crippen molar-refractivity contribution in [3.63, 3.8) is 0 Å². The van der Waals surface area contributed by atoms with Crippen LogP contribution in [0, 0.1) is 0 Å². The number of nitrogens with one attached hydrogen (secondary N) is 3. The molecule has 1 fully saturated rings. The molecule has 452 valence electrons. The number of rotatable bonds is 21. The molecule has 86 heavy (non-hydrogen) atoms. The lowest BCUT2D eigenvalue weighted by molar-refractivity contribution is -0.192. The zero-order valence-corrected chi connectivity index (χ0v) is 49.1. The van der Waals surface area contributed by atoms with Crippen LogP contribution in [0.5, 0.6) is 5.75 Å². The molecule has 9 rings (SSSR count). The van der Waals surface area contributed by atoms with E-state index in [0.717, 1.165) is 63.9 Å². The predicted octanol–water partition coefficient (Wildman–Crippen LogP) is 9.35. The van der Waals surface area contributed by atoms with Gasteiger partial charge in [0.1, 0.15) is 43.0 Å². The van der Waals surface area contributed by atoms with Gasteiger partial charge in [0, 0.05) is 71.0 Å². The van der Waals surface area contributed by atoms with Crippen molar-refractivity contribution in [2.75, 3.05) is 58.2 Å². The molecule has 1 saturated heterocycles. The van der Waals surface area contributed by atoms with Crippen molar-refractivity contribution in [1.29, 1.82) is 0 Å². The fourth-order valence-electron chi connectivity index (χ4n) is 10.3. The summed E-state index contributed by atoms with van der Waals surface area (Å²) in [7, 11) is 5.37. The van der Waals surface area contributed by atoms with E-state index in [0.29, 0.717) is 41.5 Å². The van der Waals surface area contributed by atoms with Crippen LogP contribution in [0.15, 0.2) is 109 Å². The summed E-state index contributed by atoms with van der Waals surface area (Å²) in [5.74, 6) is -1.65. The molecule has 22 nitrogen and oxygen atoms in total. The van der Waals surface area contributed by atoms with Gasteiger partial charge in [-0.05, 0) is 89.8 Å². The monoisotopic (exact) mass is 1180 g/mol. The Labute approximate surface area is 497 Å². The zero-order valence-electron chi connectivity index (χ0n) is 49.1. The van der Waals surface area contributed by atoms with Gasteiger partial charge in [0.2, 0.25) is 5.91 Å². The first-order valence-corrected chi connectivity index (χ1v) is 28.2. The van der Waals surface area contributed by atoms with E-state index in [1.807, 2.05) is 56.6 Å². The van der Waals surface area contributed by atoms with Gasteiger partial charge in [-0.15, -0.1) is 0 Å². The predicted molar refractivity (Wildman–Crippen MR) is 318 cm³/mol. The van der Waals surface area contributed by atoms with Gasteiger partial charge < -0.3 is 58.4 Å². The van der Waals surface area contributed by atoms with Crippen LogP contribution in [-0.2, 0) is 78.5 Å². The van der Waals surface area contributed by atoms with Crippen LogP contribution in [0.25, 0.3) is 33.1 Å². The zero-order chi connectivity index (χ0) is 61.4. The maximum Gasteiger partial charge on any atom is 0.413 e. The van der Waals surface area contributed by atoms with Crippen molar-refractivity contribution in [3.05, 3.63) is 148 Å². The van der Waals surface area contributed by atoms with E-state index in [1.165, 1.54) is 45.6 Å². The first kappa shape index (κ1) is 62.6. The Morgan fingerprint density at radius 1 is 0.733 bits per heavy atom. The number of carbonyl (C=O) groups excluding carboxylic acids is 7. The third-order valence-corrected chi connectivity index (χ3v) is 14.2. The van der Waals surface area contributed by atoms with E-state index < -0.39 is 54.2 Å². The number of phenolic OH excluding ortho intramolecular Hbond substituents is 1. The second-order valence-electron chi connectivity index (χ2n) is 21.0. The Balaban J connectivity index is 0.000000432. The molecule has 1 aliphatic heterocycles. The van der Waals surface area contributed by atoms with Crippen LogP contribution in [0.1, 0.15) is 103 Å². The summed E-state index contributed by atoms with van der Waals surface area (Å²) in [6, 6.07) is 34.1. The first-order valence-electron chi connectivity index (χ1n) is 28.2. The molecule has 1 aliphatic carbocycles. The molecular weight excluding hydrogens is 1110 g/mol. The van der Waals surface area contributed by atoms with Gasteiger partial charge in [-0.3, -0.25) is 24.5 Å². The number of hydrogen-bond acceptors (Lipinski definition) is 18. The second-order valence-corrected chi connectivity index (χ2v) is 21.0. The molecule has 22 heteroatoms. The van der Waals surface area contributed by atoms with Gasteiger partial charge in [-0.25, -0.2) is 24.4 Å². The van der Waals surface area contributed by atoms with Crippen LogP contribution in [0.4, 0.5) is 21.1 Å². The highest BCUT2D eigenvalue weighted by molar-refractivity contribution is 6.10. The number of amides is 3. The quantitative estimate of drug-likeness (QED) is 0.0296. The summed E-state index contributed by atoms with van der Waals surface area (Å²) >= 11 is 0. The summed E-state index contributed by atoms with van der Waals surface area (Å²) in [6.07, 6.45) is -0.324. The van der Waals surface area contributed by atoms with Gasteiger partial charge in [0.25, 0.3) is 0 Å². The number of imidazole rings is 1. The van der Waals surface area contributed by atoms with E-state index in [-0.39, 0.29) is 68.7 Å². The third kappa shape index (κ3) is 16.5. The smallest absolute Gasteiger partial charge is 0.413 e. The number of carbonyl (C=O) groups is 7. The number of pyridine rings is 1. The number of benzene rings is 5. The normalized spacial score (nSPS) is 15.1. The number of alkyl carbamates (subject to hydrolysis) is 1.